The molecule has 0 bridgehead atoms. The van der Waals surface area contributed by atoms with Gasteiger partial charge in [-0.1, -0.05) is 30.7 Å². The van der Waals surface area contributed by atoms with Crippen LogP contribution in [0.15, 0.2) is 24.3 Å². The molecule has 4 heterocycles. The van der Waals surface area contributed by atoms with Crippen LogP contribution in [0, 0.1) is 5.92 Å². The number of aromatic nitrogens is 2. The first-order valence-corrected chi connectivity index (χ1v) is 11.9. The standard InChI is InChI=1S/C24H30ClN5O/c1-17-8-13-28(14-9-17)22-19-16-30(23(31)18-6-2-3-7-20(18)25)15-10-21(19)26-24(27-22)29-11-4-5-12-29/h2-3,6-7,17H,4-5,8-16H2,1H3. The molecule has 0 unspecified atom stereocenters. The molecule has 1 aromatic heterocycles. The lowest BCUT2D eigenvalue weighted by Crippen LogP contribution is -2.40. The highest BCUT2D eigenvalue weighted by molar-refractivity contribution is 6.33. The van der Waals surface area contributed by atoms with Gasteiger partial charge < -0.3 is 14.7 Å². The van der Waals surface area contributed by atoms with Crippen LogP contribution < -0.4 is 9.80 Å². The molecule has 3 aliphatic heterocycles. The van der Waals surface area contributed by atoms with Crippen molar-refractivity contribution >= 4 is 29.3 Å². The van der Waals surface area contributed by atoms with Crippen LogP contribution in [0.5, 0.6) is 0 Å². The lowest BCUT2D eigenvalue weighted by Gasteiger charge is -2.36. The van der Waals surface area contributed by atoms with Crippen LogP contribution in [0.1, 0.15) is 54.2 Å². The molecule has 2 saturated heterocycles. The minimum Gasteiger partial charge on any atom is -0.356 e. The Kier molecular flexibility index (Phi) is 5.74. The highest BCUT2D eigenvalue weighted by Crippen LogP contribution is 2.33. The summed E-state index contributed by atoms with van der Waals surface area (Å²) in [7, 11) is 0. The summed E-state index contributed by atoms with van der Waals surface area (Å²) in [6.45, 7) is 7.63. The van der Waals surface area contributed by atoms with E-state index in [1.54, 1.807) is 12.1 Å². The minimum absolute atomic E-state index is 0.0157. The highest BCUT2D eigenvalue weighted by atomic mass is 35.5. The van der Waals surface area contributed by atoms with Gasteiger partial charge in [-0.2, -0.15) is 4.98 Å². The maximum Gasteiger partial charge on any atom is 0.255 e. The van der Waals surface area contributed by atoms with Crippen LogP contribution in [-0.4, -0.2) is 53.5 Å². The Morgan fingerprint density at radius 3 is 2.48 bits per heavy atom. The first kappa shape index (κ1) is 20.6. The zero-order valence-electron chi connectivity index (χ0n) is 18.2. The Morgan fingerprint density at radius 2 is 1.74 bits per heavy atom. The zero-order chi connectivity index (χ0) is 21.4. The summed E-state index contributed by atoms with van der Waals surface area (Å²) in [5.41, 5.74) is 2.79. The Labute approximate surface area is 189 Å². The fraction of sp³-hybridized carbons (Fsp3) is 0.542. The monoisotopic (exact) mass is 439 g/mol. The van der Waals surface area contributed by atoms with Crippen LogP contribution in [0.25, 0.3) is 0 Å². The van der Waals surface area contributed by atoms with E-state index in [0.717, 1.165) is 61.5 Å². The molecule has 0 N–H and O–H groups in total. The molecule has 0 spiro atoms. The number of anilines is 2. The van der Waals surface area contributed by atoms with E-state index in [-0.39, 0.29) is 5.91 Å². The average Bonchev–Trinajstić information content (AvgIpc) is 3.33. The van der Waals surface area contributed by atoms with E-state index in [1.807, 2.05) is 17.0 Å². The average molecular weight is 440 g/mol. The molecule has 1 aromatic carbocycles. The first-order valence-electron chi connectivity index (χ1n) is 11.5. The molecule has 0 atom stereocenters. The number of rotatable bonds is 3. The van der Waals surface area contributed by atoms with E-state index < -0.39 is 0 Å². The van der Waals surface area contributed by atoms with E-state index >= 15 is 0 Å². The van der Waals surface area contributed by atoms with Gasteiger partial charge in [0.05, 0.1) is 22.8 Å². The summed E-state index contributed by atoms with van der Waals surface area (Å²) in [5, 5.41) is 0.504. The molecule has 0 aliphatic carbocycles. The van der Waals surface area contributed by atoms with Gasteiger partial charge in [0.1, 0.15) is 5.82 Å². The van der Waals surface area contributed by atoms with Gasteiger partial charge in [-0.15, -0.1) is 0 Å². The van der Waals surface area contributed by atoms with Crippen molar-refractivity contribution in [2.45, 2.75) is 45.6 Å². The molecule has 2 fully saturated rings. The number of carbonyl (C=O) groups excluding carboxylic acids is 1. The van der Waals surface area contributed by atoms with Crippen molar-refractivity contribution < 1.29 is 4.79 Å². The summed E-state index contributed by atoms with van der Waals surface area (Å²) in [6.07, 6.45) is 5.53. The third-order valence-electron chi connectivity index (χ3n) is 6.89. The van der Waals surface area contributed by atoms with Gasteiger partial charge in [0.2, 0.25) is 5.95 Å². The predicted molar refractivity (Wildman–Crippen MR) is 124 cm³/mol. The maximum atomic E-state index is 13.2. The number of hydrogen-bond donors (Lipinski definition) is 0. The topological polar surface area (TPSA) is 52.6 Å². The number of fused-ring (bicyclic) bond motifs is 1. The predicted octanol–water partition coefficient (Wildman–Crippen LogP) is 4.17. The van der Waals surface area contributed by atoms with Crippen molar-refractivity contribution in [2.75, 3.05) is 42.5 Å². The Morgan fingerprint density at radius 1 is 1.00 bits per heavy atom. The fourth-order valence-corrected chi connectivity index (χ4v) is 5.12. The third-order valence-corrected chi connectivity index (χ3v) is 7.22. The lowest BCUT2D eigenvalue weighted by atomic mass is 9.98. The van der Waals surface area contributed by atoms with Crippen LogP contribution in [0.3, 0.4) is 0 Å². The van der Waals surface area contributed by atoms with E-state index in [9.17, 15) is 4.79 Å². The summed E-state index contributed by atoms with van der Waals surface area (Å²) >= 11 is 6.31. The number of piperidine rings is 1. The van der Waals surface area contributed by atoms with Crippen LogP contribution in [0.2, 0.25) is 5.02 Å². The number of halogens is 1. The Hall–Kier alpha value is -2.34. The van der Waals surface area contributed by atoms with Gasteiger partial charge in [-0.3, -0.25) is 4.79 Å². The molecule has 7 heteroatoms. The van der Waals surface area contributed by atoms with Gasteiger partial charge in [0.25, 0.3) is 5.91 Å². The van der Waals surface area contributed by atoms with E-state index in [1.165, 1.54) is 25.7 Å². The van der Waals surface area contributed by atoms with Gasteiger partial charge in [-0.05, 0) is 43.7 Å². The largest absolute Gasteiger partial charge is 0.356 e. The van der Waals surface area contributed by atoms with Gasteiger partial charge in [-0.25, -0.2) is 4.98 Å². The van der Waals surface area contributed by atoms with Crippen molar-refractivity contribution in [3.63, 3.8) is 0 Å². The number of amides is 1. The molecule has 1 amide bonds. The van der Waals surface area contributed by atoms with Crippen LogP contribution in [0.4, 0.5) is 11.8 Å². The first-order chi connectivity index (χ1) is 15.1. The summed E-state index contributed by atoms with van der Waals surface area (Å²) in [4.78, 5) is 29.9. The molecule has 31 heavy (non-hydrogen) atoms. The second kappa shape index (κ2) is 8.65. The number of benzene rings is 1. The van der Waals surface area contributed by atoms with Crippen molar-refractivity contribution in [3.8, 4) is 0 Å². The van der Waals surface area contributed by atoms with E-state index in [2.05, 4.69) is 16.7 Å². The van der Waals surface area contributed by atoms with Crippen molar-refractivity contribution in [1.82, 2.24) is 14.9 Å². The molecule has 2 aromatic rings. The summed E-state index contributed by atoms with van der Waals surface area (Å²) in [6, 6.07) is 7.30. The third kappa shape index (κ3) is 4.10. The second-order valence-electron chi connectivity index (χ2n) is 9.09. The maximum absolute atomic E-state index is 13.2. The summed E-state index contributed by atoms with van der Waals surface area (Å²) in [5.74, 6) is 2.65. The molecule has 5 rings (SSSR count). The Balaban J connectivity index is 1.48. The van der Waals surface area contributed by atoms with E-state index in [4.69, 9.17) is 21.6 Å². The molecular weight excluding hydrogens is 410 g/mol. The minimum atomic E-state index is -0.0157. The lowest BCUT2D eigenvalue weighted by molar-refractivity contribution is 0.0734. The molecule has 0 radical (unpaired) electrons. The van der Waals surface area contributed by atoms with Crippen molar-refractivity contribution in [3.05, 3.63) is 46.1 Å². The van der Waals surface area contributed by atoms with Gasteiger partial charge >= 0.3 is 0 Å². The SMILES string of the molecule is CC1CCN(c2nc(N3CCCC3)nc3c2CN(C(=O)c2ccccc2Cl)CC3)CC1. The smallest absolute Gasteiger partial charge is 0.255 e. The normalized spacial score (nSPS) is 19.6. The van der Waals surface area contributed by atoms with E-state index in [0.29, 0.717) is 23.7 Å². The van der Waals surface area contributed by atoms with Crippen molar-refractivity contribution in [1.29, 1.82) is 0 Å². The quantitative estimate of drug-likeness (QED) is 0.718. The van der Waals surface area contributed by atoms with Crippen LogP contribution >= 0.6 is 11.6 Å². The fourth-order valence-electron chi connectivity index (χ4n) is 4.90. The van der Waals surface area contributed by atoms with Gasteiger partial charge in [0.15, 0.2) is 0 Å². The molecule has 164 valence electrons. The second-order valence-corrected chi connectivity index (χ2v) is 9.50. The highest BCUT2D eigenvalue weighted by Gasteiger charge is 2.31. The Bertz CT molecular complexity index is 966. The molecular formula is C24H30ClN5O. The molecule has 3 aliphatic rings. The number of carbonyl (C=O) groups is 1. The van der Waals surface area contributed by atoms with Crippen molar-refractivity contribution in [2.24, 2.45) is 5.92 Å². The summed E-state index contributed by atoms with van der Waals surface area (Å²) < 4.78 is 0. The number of hydrogen-bond acceptors (Lipinski definition) is 5. The van der Waals surface area contributed by atoms with Crippen LogP contribution in [-0.2, 0) is 13.0 Å². The zero-order valence-corrected chi connectivity index (χ0v) is 18.9. The molecule has 6 nitrogen and oxygen atoms in total. The molecule has 0 saturated carbocycles. The van der Waals surface area contributed by atoms with Gasteiger partial charge in [0, 0.05) is 44.7 Å². The number of nitrogens with zero attached hydrogens (tertiary/aromatic N) is 5.